The highest BCUT2D eigenvalue weighted by molar-refractivity contribution is 6.33. The maximum absolute atomic E-state index is 12.4. The number of pyridine rings is 1. The molecule has 106 valence electrons. The molecule has 1 N–H and O–H groups in total. The minimum Gasteiger partial charge on any atom is -0.383 e. The fourth-order valence-corrected chi connectivity index (χ4v) is 1.95. The van der Waals surface area contributed by atoms with Crippen molar-refractivity contribution in [3.05, 3.63) is 22.8 Å². The van der Waals surface area contributed by atoms with Crippen LogP contribution in [0.25, 0.3) is 0 Å². The molecule has 1 aromatic heterocycles. The summed E-state index contributed by atoms with van der Waals surface area (Å²) < 4.78 is 5.02. The standard InChI is InChI=1S/C13H20ClN3O2/c1-9(2)17(5-6-19-4)13(18)10-7-11(14)12(15-3)16-8-10/h7-9H,5-6H2,1-4H3,(H,15,16). The van der Waals surface area contributed by atoms with Gasteiger partial charge in [0.1, 0.15) is 5.82 Å². The van der Waals surface area contributed by atoms with Crippen LogP contribution in [0.4, 0.5) is 5.82 Å². The molecule has 0 aromatic carbocycles. The zero-order valence-electron chi connectivity index (χ0n) is 11.7. The van der Waals surface area contributed by atoms with Crippen molar-refractivity contribution in [2.75, 3.05) is 32.6 Å². The molecule has 6 heteroatoms. The number of hydrogen-bond acceptors (Lipinski definition) is 4. The van der Waals surface area contributed by atoms with Crippen LogP contribution in [-0.4, -0.2) is 49.1 Å². The number of nitrogens with one attached hydrogen (secondary N) is 1. The summed E-state index contributed by atoms with van der Waals surface area (Å²) in [5.41, 5.74) is 0.480. The second-order valence-electron chi connectivity index (χ2n) is 4.39. The second-order valence-corrected chi connectivity index (χ2v) is 4.80. The minimum atomic E-state index is -0.0934. The molecule has 0 bridgehead atoms. The van der Waals surface area contributed by atoms with Crippen LogP contribution in [0.1, 0.15) is 24.2 Å². The lowest BCUT2D eigenvalue weighted by atomic mass is 10.2. The number of ether oxygens (including phenoxy) is 1. The van der Waals surface area contributed by atoms with Crippen LogP contribution in [-0.2, 0) is 4.74 Å². The molecule has 0 aliphatic rings. The molecule has 0 spiro atoms. The van der Waals surface area contributed by atoms with Gasteiger partial charge in [0.05, 0.1) is 17.2 Å². The molecule has 1 heterocycles. The molecular weight excluding hydrogens is 266 g/mol. The molecular formula is C13H20ClN3O2. The molecule has 1 amide bonds. The van der Waals surface area contributed by atoms with E-state index in [1.807, 2.05) is 13.8 Å². The zero-order valence-corrected chi connectivity index (χ0v) is 12.5. The van der Waals surface area contributed by atoms with E-state index in [0.29, 0.717) is 29.6 Å². The Morgan fingerprint density at radius 2 is 2.26 bits per heavy atom. The number of rotatable bonds is 6. The van der Waals surface area contributed by atoms with Crippen LogP contribution < -0.4 is 5.32 Å². The summed E-state index contributed by atoms with van der Waals surface area (Å²) in [7, 11) is 3.35. The number of hydrogen-bond donors (Lipinski definition) is 1. The summed E-state index contributed by atoms with van der Waals surface area (Å²) >= 11 is 6.04. The van der Waals surface area contributed by atoms with Gasteiger partial charge in [0.25, 0.3) is 5.91 Å². The quantitative estimate of drug-likeness (QED) is 0.871. The molecule has 0 fully saturated rings. The predicted octanol–water partition coefficient (Wildman–Crippen LogP) is 2.27. The summed E-state index contributed by atoms with van der Waals surface area (Å²) in [4.78, 5) is 18.2. The Morgan fingerprint density at radius 1 is 1.58 bits per heavy atom. The van der Waals surface area contributed by atoms with Crippen LogP contribution in [0, 0.1) is 0 Å². The van der Waals surface area contributed by atoms with Gasteiger partial charge in [-0.2, -0.15) is 0 Å². The normalized spacial score (nSPS) is 10.6. The Kier molecular flexibility index (Phi) is 6.05. The Hall–Kier alpha value is -1.33. The van der Waals surface area contributed by atoms with Gasteiger partial charge >= 0.3 is 0 Å². The summed E-state index contributed by atoms with van der Waals surface area (Å²) in [6, 6.07) is 1.72. The van der Waals surface area contributed by atoms with Crippen molar-refractivity contribution in [3.63, 3.8) is 0 Å². The molecule has 0 unspecified atom stereocenters. The molecule has 0 saturated heterocycles. The van der Waals surface area contributed by atoms with Gasteiger partial charge in [0, 0.05) is 32.9 Å². The van der Waals surface area contributed by atoms with Gasteiger partial charge in [0.15, 0.2) is 0 Å². The first kappa shape index (κ1) is 15.7. The lowest BCUT2D eigenvalue weighted by Crippen LogP contribution is -2.39. The van der Waals surface area contributed by atoms with Gasteiger partial charge in [0.2, 0.25) is 0 Å². The number of halogens is 1. The van der Waals surface area contributed by atoms with Crippen LogP contribution in [0.2, 0.25) is 5.02 Å². The number of amides is 1. The second kappa shape index (κ2) is 7.31. The minimum absolute atomic E-state index is 0.0883. The van der Waals surface area contributed by atoms with Crippen molar-refractivity contribution >= 4 is 23.3 Å². The van der Waals surface area contributed by atoms with Crippen LogP contribution in [0.15, 0.2) is 12.3 Å². The van der Waals surface area contributed by atoms with Gasteiger partial charge in [-0.1, -0.05) is 11.6 Å². The number of nitrogens with zero attached hydrogens (tertiary/aromatic N) is 2. The van der Waals surface area contributed by atoms with Crippen molar-refractivity contribution in [1.29, 1.82) is 0 Å². The number of methoxy groups -OCH3 is 1. The molecule has 1 rings (SSSR count). The van der Waals surface area contributed by atoms with Crippen molar-refractivity contribution in [2.45, 2.75) is 19.9 Å². The van der Waals surface area contributed by atoms with Crippen molar-refractivity contribution in [2.24, 2.45) is 0 Å². The number of anilines is 1. The van der Waals surface area contributed by atoms with E-state index in [-0.39, 0.29) is 11.9 Å². The zero-order chi connectivity index (χ0) is 14.4. The molecule has 0 atom stereocenters. The molecule has 0 saturated carbocycles. The van der Waals surface area contributed by atoms with Crippen LogP contribution in [0.5, 0.6) is 0 Å². The highest BCUT2D eigenvalue weighted by Crippen LogP contribution is 2.20. The van der Waals surface area contributed by atoms with Crippen molar-refractivity contribution < 1.29 is 9.53 Å². The average Bonchev–Trinajstić information content (AvgIpc) is 2.38. The van der Waals surface area contributed by atoms with E-state index in [4.69, 9.17) is 16.3 Å². The Balaban J connectivity index is 2.93. The van der Waals surface area contributed by atoms with Gasteiger partial charge < -0.3 is 15.0 Å². The molecule has 5 nitrogen and oxygen atoms in total. The van der Waals surface area contributed by atoms with Gasteiger partial charge in [-0.3, -0.25) is 4.79 Å². The maximum atomic E-state index is 12.4. The Bertz CT molecular complexity index is 438. The first-order valence-electron chi connectivity index (χ1n) is 6.14. The fourth-order valence-electron chi connectivity index (χ4n) is 1.69. The third kappa shape index (κ3) is 4.08. The molecule has 1 aromatic rings. The van der Waals surface area contributed by atoms with E-state index in [1.54, 1.807) is 25.1 Å². The average molecular weight is 286 g/mol. The van der Waals surface area contributed by atoms with Crippen molar-refractivity contribution in [1.82, 2.24) is 9.88 Å². The number of aromatic nitrogens is 1. The van der Waals surface area contributed by atoms with Gasteiger partial charge in [-0.05, 0) is 19.9 Å². The molecule has 19 heavy (non-hydrogen) atoms. The Labute approximate surface area is 118 Å². The lowest BCUT2D eigenvalue weighted by molar-refractivity contribution is 0.0634. The van der Waals surface area contributed by atoms with E-state index in [9.17, 15) is 4.79 Å². The highest BCUT2D eigenvalue weighted by Gasteiger charge is 2.19. The first-order chi connectivity index (χ1) is 9.01. The van der Waals surface area contributed by atoms with E-state index in [1.165, 1.54) is 6.20 Å². The number of carbonyl (C=O) groups is 1. The highest BCUT2D eigenvalue weighted by atomic mass is 35.5. The van der Waals surface area contributed by atoms with Crippen LogP contribution in [0.3, 0.4) is 0 Å². The lowest BCUT2D eigenvalue weighted by Gasteiger charge is -2.26. The van der Waals surface area contributed by atoms with Crippen LogP contribution >= 0.6 is 11.6 Å². The van der Waals surface area contributed by atoms with E-state index >= 15 is 0 Å². The maximum Gasteiger partial charge on any atom is 0.255 e. The summed E-state index contributed by atoms with van der Waals surface area (Å²) in [5, 5.41) is 3.29. The summed E-state index contributed by atoms with van der Waals surface area (Å²) in [6.45, 7) is 4.97. The largest absolute Gasteiger partial charge is 0.383 e. The van der Waals surface area contributed by atoms with E-state index < -0.39 is 0 Å². The van der Waals surface area contributed by atoms with Gasteiger partial charge in [-0.15, -0.1) is 0 Å². The Morgan fingerprint density at radius 3 is 2.74 bits per heavy atom. The van der Waals surface area contributed by atoms with E-state index in [0.717, 1.165) is 0 Å². The summed E-state index contributed by atoms with van der Waals surface area (Å²) in [5.74, 6) is 0.468. The first-order valence-corrected chi connectivity index (χ1v) is 6.52. The molecule has 0 radical (unpaired) electrons. The summed E-state index contributed by atoms with van der Waals surface area (Å²) in [6.07, 6.45) is 1.53. The van der Waals surface area contributed by atoms with Crippen molar-refractivity contribution in [3.8, 4) is 0 Å². The van der Waals surface area contributed by atoms with Gasteiger partial charge in [-0.25, -0.2) is 4.98 Å². The SMILES string of the molecule is CNc1ncc(C(=O)N(CCOC)C(C)C)cc1Cl. The topological polar surface area (TPSA) is 54.5 Å². The predicted molar refractivity (Wildman–Crippen MR) is 76.8 cm³/mol. The third-order valence-electron chi connectivity index (χ3n) is 2.75. The smallest absolute Gasteiger partial charge is 0.255 e. The monoisotopic (exact) mass is 285 g/mol. The fraction of sp³-hybridized carbons (Fsp3) is 0.538. The van der Waals surface area contributed by atoms with E-state index in [2.05, 4.69) is 10.3 Å². The number of carbonyl (C=O) groups excluding carboxylic acids is 1. The third-order valence-corrected chi connectivity index (χ3v) is 3.03. The molecule has 0 aliphatic heterocycles. The molecule has 0 aliphatic carbocycles.